The minimum atomic E-state index is 0.373. The topological polar surface area (TPSA) is 39.8 Å². The Hall–Kier alpha value is -1.14. The summed E-state index contributed by atoms with van der Waals surface area (Å²) in [7, 11) is 1.99. The van der Waals surface area contributed by atoms with Gasteiger partial charge in [-0.25, -0.2) is 0 Å². The van der Waals surface area contributed by atoms with Gasteiger partial charge in [-0.2, -0.15) is 0 Å². The first-order chi connectivity index (χ1) is 13.2. The van der Waals surface area contributed by atoms with Crippen LogP contribution in [0.4, 0.5) is 0 Å². The van der Waals surface area contributed by atoms with Gasteiger partial charge in [-0.05, 0) is 70.6 Å². The SMILES string of the molecule is CCN(CCCOc1ccc(C(C)NCC2CCCN2CC)cc1)CNC. The summed E-state index contributed by atoms with van der Waals surface area (Å²) in [6.45, 7) is 14.0. The van der Waals surface area contributed by atoms with Crippen molar-refractivity contribution in [2.24, 2.45) is 0 Å². The number of ether oxygens (including phenoxy) is 1. The van der Waals surface area contributed by atoms with Crippen molar-refractivity contribution in [3.63, 3.8) is 0 Å². The van der Waals surface area contributed by atoms with Crippen LogP contribution in [0, 0.1) is 0 Å². The molecule has 1 heterocycles. The Bertz CT molecular complexity index is 508. The number of likely N-dealkylation sites (N-methyl/N-ethyl adjacent to an activating group) is 1. The number of hydrogen-bond donors (Lipinski definition) is 2. The summed E-state index contributed by atoms with van der Waals surface area (Å²) in [5.41, 5.74) is 1.33. The van der Waals surface area contributed by atoms with Gasteiger partial charge in [0.25, 0.3) is 0 Å². The molecule has 5 heteroatoms. The molecule has 0 bridgehead atoms. The highest BCUT2D eigenvalue weighted by Gasteiger charge is 2.23. The van der Waals surface area contributed by atoms with Crippen LogP contribution in [-0.4, -0.2) is 68.9 Å². The average molecular weight is 377 g/mol. The molecule has 1 aromatic carbocycles. The third kappa shape index (κ3) is 7.41. The average Bonchev–Trinajstić information content (AvgIpc) is 3.16. The maximum Gasteiger partial charge on any atom is 0.119 e. The number of hydrogen-bond acceptors (Lipinski definition) is 5. The number of nitrogens with one attached hydrogen (secondary N) is 2. The van der Waals surface area contributed by atoms with E-state index in [1.54, 1.807) is 0 Å². The van der Waals surface area contributed by atoms with Crippen LogP contribution in [0.2, 0.25) is 0 Å². The van der Waals surface area contributed by atoms with Crippen LogP contribution in [0.15, 0.2) is 24.3 Å². The first-order valence-electron chi connectivity index (χ1n) is 10.7. The lowest BCUT2D eigenvalue weighted by molar-refractivity contribution is 0.234. The summed E-state index contributed by atoms with van der Waals surface area (Å²) in [6, 6.07) is 9.67. The fourth-order valence-electron chi connectivity index (χ4n) is 3.88. The summed E-state index contributed by atoms with van der Waals surface area (Å²) in [4.78, 5) is 4.97. The number of rotatable bonds is 13. The third-order valence-electron chi connectivity index (χ3n) is 5.66. The van der Waals surface area contributed by atoms with Crippen LogP contribution in [0.1, 0.15) is 51.6 Å². The summed E-state index contributed by atoms with van der Waals surface area (Å²) in [5.74, 6) is 0.968. The molecule has 2 rings (SSSR count). The zero-order valence-electron chi connectivity index (χ0n) is 17.8. The Morgan fingerprint density at radius 1 is 1.26 bits per heavy atom. The fourth-order valence-corrected chi connectivity index (χ4v) is 3.88. The van der Waals surface area contributed by atoms with Gasteiger partial charge in [-0.3, -0.25) is 9.80 Å². The van der Waals surface area contributed by atoms with Gasteiger partial charge in [-0.15, -0.1) is 0 Å². The molecule has 0 amide bonds. The van der Waals surface area contributed by atoms with Crippen molar-refractivity contribution in [3.8, 4) is 5.75 Å². The molecule has 1 saturated heterocycles. The van der Waals surface area contributed by atoms with Crippen LogP contribution in [0.25, 0.3) is 0 Å². The highest BCUT2D eigenvalue weighted by Crippen LogP contribution is 2.20. The van der Waals surface area contributed by atoms with E-state index in [0.29, 0.717) is 12.1 Å². The van der Waals surface area contributed by atoms with E-state index in [-0.39, 0.29) is 0 Å². The lowest BCUT2D eigenvalue weighted by Crippen LogP contribution is -2.38. The maximum atomic E-state index is 5.91. The number of benzene rings is 1. The fraction of sp³-hybridized carbons (Fsp3) is 0.727. The highest BCUT2D eigenvalue weighted by atomic mass is 16.5. The van der Waals surface area contributed by atoms with Crippen LogP contribution in [-0.2, 0) is 0 Å². The van der Waals surface area contributed by atoms with Crippen LogP contribution < -0.4 is 15.4 Å². The second-order valence-corrected chi connectivity index (χ2v) is 7.55. The summed E-state index contributed by atoms with van der Waals surface area (Å²) in [6.07, 6.45) is 3.71. The summed E-state index contributed by atoms with van der Waals surface area (Å²) >= 11 is 0. The molecule has 2 N–H and O–H groups in total. The Morgan fingerprint density at radius 3 is 2.70 bits per heavy atom. The lowest BCUT2D eigenvalue weighted by atomic mass is 10.1. The Balaban J connectivity index is 1.69. The molecule has 2 unspecified atom stereocenters. The molecule has 1 aliphatic heterocycles. The Morgan fingerprint density at radius 2 is 2.04 bits per heavy atom. The van der Waals surface area contributed by atoms with Gasteiger partial charge < -0.3 is 15.4 Å². The second-order valence-electron chi connectivity index (χ2n) is 7.55. The van der Waals surface area contributed by atoms with Gasteiger partial charge in [0.2, 0.25) is 0 Å². The molecule has 5 nitrogen and oxygen atoms in total. The molecular weight excluding hydrogens is 336 g/mol. The van der Waals surface area contributed by atoms with Crippen LogP contribution in [0.5, 0.6) is 5.75 Å². The van der Waals surface area contributed by atoms with Crippen molar-refractivity contribution in [1.29, 1.82) is 0 Å². The van der Waals surface area contributed by atoms with E-state index in [1.165, 1.54) is 24.9 Å². The molecule has 154 valence electrons. The smallest absolute Gasteiger partial charge is 0.119 e. The molecule has 1 aromatic rings. The first-order valence-corrected chi connectivity index (χ1v) is 10.7. The molecule has 27 heavy (non-hydrogen) atoms. The van der Waals surface area contributed by atoms with Crippen molar-refractivity contribution in [3.05, 3.63) is 29.8 Å². The quantitative estimate of drug-likeness (QED) is 0.409. The van der Waals surface area contributed by atoms with E-state index in [9.17, 15) is 0 Å². The molecular formula is C22H40N4O. The van der Waals surface area contributed by atoms with E-state index in [4.69, 9.17) is 4.74 Å². The largest absolute Gasteiger partial charge is 0.494 e. The van der Waals surface area contributed by atoms with Crippen LogP contribution in [0.3, 0.4) is 0 Å². The molecule has 0 aliphatic carbocycles. The molecule has 1 aliphatic rings. The van der Waals surface area contributed by atoms with Gasteiger partial charge in [0, 0.05) is 31.8 Å². The van der Waals surface area contributed by atoms with E-state index in [0.717, 1.165) is 51.6 Å². The number of likely N-dealkylation sites (tertiary alicyclic amines) is 1. The van der Waals surface area contributed by atoms with E-state index in [1.807, 2.05) is 7.05 Å². The standard InChI is InChI=1S/C22H40N4O/c1-5-25(18-23-4)14-8-16-27-22-12-10-20(11-13-22)19(3)24-17-21-9-7-15-26(21)6-2/h10-13,19,21,23-24H,5-9,14-18H2,1-4H3. The summed E-state index contributed by atoms with van der Waals surface area (Å²) in [5, 5.41) is 6.92. The van der Waals surface area contributed by atoms with Gasteiger partial charge >= 0.3 is 0 Å². The van der Waals surface area contributed by atoms with Crippen LogP contribution >= 0.6 is 0 Å². The number of nitrogens with zero attached hydrogens (tertiary/aromatic N) is 2. The van der Waals surface area contributed by atoms with E-state index < -0.39 is 0 Å². The molecule has 0 saturated carbocycles. The molecule has 0 aromatic heterocycles. The van der Waals surface area contributed by atoms with Crippen molar-refractivity contribution in [2.75, 3.05) is 53.0 Å². The Labute approximate surface area is 166 Å². The maximum absolute atomic E-state index is 5.91. The normalized spacial score (nSPS) is 18.9. The van der Waals surface area contributed by atoms with Crippen molar-refractivity contribution < 1.29 is 4.74 Å². The second kappa shape index (κ2) is 12.3. The van der Waals surface area contributed by atoms with Crippen molar-refractivity contribution in [1.82, 2.24) is 20.4 Å². The highest BCUT2D eigenvalue weighted by molar-refractivity contribution is 5.29. The van der Waals surface area contributed by atoms with Gasteiger partial charge in [0.1, 0.15) is 5.75 Å². The first kappa shape index (κ1) is 22.2. The van der Waals surface area contributed by atoms with Gasteiger partial charge in [-0.1, -0.05) is 26.0 Å². The van der Waals surface area contributed by atoms with Gasteiger partial charge in [0.05, 0.1) is 6.61 Å². The minimum Gasteiger partial charge on any atom is -0.494 e. The lowest BCUT2D eigenvalue weighted by Gasteiger charge is -2.25. The minimum absolute atomic E-state index is 0.373. The van der Waals surface area contributed by atoms with Crippen molar-refractivity contribution in [2.45, 2.75) is 52.1 Å². The van der Waals surface area contributed by atoms with E-state index >= 15 is 0 Å². The molecule has 1 fully saturated rings. The van der Waals surface area contributed by atoms with Gasteiger partial charge in [0.15, 0.2) is 0 Å². The zero-order valence-corrected chi connectivity index (χ0v) is 17.8. The third-order valence-corrected chi connectivity index (χ3v) is 5.66. The predicted molar refractivity (Wildman–Crippen MR) is 114 cm³/mol. The summed E-state index contributed by atoms with van der Waals surface area (Å²) < 4.78 is 5.91. The zero-order chi connectivity index (χ0) is 19.5. The molecule has 2 atom stereocenters. The predicted octanol–water partition coefficient (Wildman–Crippen LogP) is 3.09. The molecule has 0 spiro atoms. The molecule has 0 radical (unpaired) electrons. The Kier molecular flexibility index (Phi) is 10.1. The van der Waals surface area contributed by atoms with Crippen molar-refractivity contribution >= 4 is 0 Å². The van der Waals surface area contributed by atoms with E-state index in [2.05, 4.69) is 65.5 Å². The monoisotopic (exact) mass is 376 g/mol.